The number of benzene rings is 2. The number of carbonyl (C=O) groups is 1. The number of nitrogens with zero attached hydrogens (tertiary/aromatic N) is 4. The first-order chi connectivity index (χ1) is 20.0. The third kappa shape index (κ3) is 7.08. The molecule has 0 atom stereocenters. The topological polar surface area (TPSA) is 80.4 Å². The zero-order chi connectivity index (χ0) is 30.7. The maximum atomic E-state index is 12.2. The summed E-state index contributed by atoms with van der Waals surface area (Å²) in [4.78, 5) is 17.9. The van der Waals surface area contributed by atoms with E-state index in [0.29, 0.717) is 5.92 Å². The van der Waals surface area contributed by atoms with Gasteiger partial charge in [-0.25, -0.2) is 4.52 Å². The second-order valence-electron chi connectivity index (χ2n) is 11.9. The van der Waals surface area contributed by atoms with Crippen LogP contribution < -0.4 is 0 Å². The first-order valence-corrected chi connectivity index (χ1v) is 15.8. The minimum Gasteiger partial charge on any atom is -0.512 e. The number of rotatable bonds is 9. The molecule has 3 heterocycles. The van der Waals surface area contributed by atoms with Gasteiger partial charge in [0, 0.05) is 48.9 Å². The molecule has 0 fully saturated rings. The minimum atomic E-state index is -0.337. The minimum absolute atomic E-state index is 0. The van der Waals surface area contributed by atoms with Crippen LogP contribution in [0.1, 0.15) is 92.6 Å². The smallest absolute Gasteiger partial charge is 0.164 e. The zero-order valence-electron chi connectivity index (χ0n) is 26.5. The Morgan fingerprint density at radius 1 is 1.02 bits per heavy atom. The summed E-state index contributed by atoms with van der Waals surface area (Å²) in [5, 5.41) is 20.7. The molecule has 0 aliphatic heterocycles. The quantitative estimate of drug-likeness (QED) is 0.0917. The van der Waals surface area contributed by atoms with E-state index in [1.54, 1.807) is 17.5 Å². The molecular formula is C35H43IrN4O2S-. The van der Waals surface area contributed by atoms with E-state index in [9.17, 15) is 9.90 Å². The Hall–Kier alpha value is -2.93. The fourth-order valence-electron chi connectivity index (χ4n) is 4.96. The Labute approximate surface area is 273 Å². The van der Waals surface area contributed by atoms with Crippen LogP contribution in [0.25, 0.3) is 37.1 Å². The van der Waals surface area contributed by atoms with Crippen LogP contribution in [0.4, 0.5) is 0 Å². The summed E-state index contributed by atoms with van der Waals surface area (Å²) < 4.78 is 2.98. The summed E-state index contributed by atoms with van der Waals surface area (Å²) in [6, 6.07) is 16.2. The fraction of sp³-hybridized carbons (Fsp3) is 0.429. The molecule has 1 radical (unpaired) electrons. The summed E-state index contributed by atoms with van der Waals surface area (Å²) in [5.74, 6) is 0.721. The number of thiazole rings is 1. The van der Waals surface area contributed by atoms with Crippen molar-refractivity contribution in [2.75, 3.05) is 0 Å². The van der Waals surface area contributed by atoms with Crippen LogP contribution >= 0.6 is 11.3 Å². The third-order valence-electron chi connectivity index (χ3n) is 9.12. The molecule has 5 aromatic rings. The van der Waals surface area contributed by atoms with Crippen molar-refractivity contribution in [3.8, 4) is 11.3 Å². The Morgan fingerprint density at radius 3 is 2.30 bits per heavy atom. The molecule has 1 N–H and O–H groups in total. The number of aliphatic hydroxyl groups is 1. The molecule has 0 aliphatic carbocycles. The second kappa shape index (κ2) is 14.2. The van der Waals surface area contributed by atoms with Crippen LogP contribution in [0.3, 0.4) is 0 Å². The molecule has 0 saturated heterocycles. The van der Waals surface area contributed by atoms with E-state index in [0.717, 1.165) is 57.4 Å². The van der Waals surface area contributed by atoms with E-state index in [1.165, 1.54) is 17.0 Å². The van der Waals surface area contributed by atoms with Crippen molar-refractivity contribution in [2.45, 2.75) is 87.0 Å². The third-order valence-corrected chi connectivity index (χ3v) is 10.1. The first kappa shape index (κ1) is 34.6. The van der Waals surface area contributed by atoms with Crippen molar-refractivity contribution in [1.29, 1.82) is 0 Å². The Balaban J connectivity index is 0.000000250. The summed E-state index contributed by atoms with van der Waals surface area (Å²) in [5.41, 5.74) is 3.69. The first-order valence-electron chi connectivity index (χ1n) is 15.0. The number of aliphatic hydroxyl groups excluding tert-OH is 1. The van der Waals surface area contributed by atoms with Crippen molar-refractivity contribution in [1.82, 2.24) is 19.8 Å². The van der Waals surface area contributed by atoms with Gasteiger partial charge < -0.3 is 5.11 Å². The Morgan fingerprint density at radius 2 is 1.67 bits per heavy atom. The molecule has 0 amide bonds. The molecule has 0 aliphatic rings. The van der Waals surface area contributed by atoms with Crippen LogP contribution in [0, 0.1) is 16.9 Å². The van der Waals surface area contributed by atoms with Gasteiger partial charge in [-0.15, -0.1) is 45.6 Å². The Bertz CT molecular complexity index is 1730. The molecule has 2 aromatic carbocycles. The van der Waals surface area contributed by atoms with E-state index >= 15 is 0 Å². The van der Waals surface area contributed by atoms with Crippen LogP contribution in [-0.4, -0.2) is 30.7 Å². The van der Waals surface area contributed by atoms with Gasteiger partial charge in [0.1, 0.15) is 10.6 Å². The SMILES string of the molecule is CC(C)c1cc(-c2cc3c(cn2)sc2cnnn23)[c-]c2ccccc12.CCC(C)(CC)C(=O)/C=C(\O)C(C)(CC)CC.[Ir]. The largest absolute Gasteiger partial charge is 0.512 e. The van der Waals surface area contributed by atoms with Gasteiger partial charge in [-0.3, -0.25) is 9.78 Å². The van der Waals surface area contributed by atoms with Gasteiger partial charge in [0.2, 0.25) is 0 Å². The van der Waals surface area contributed by atoms with E-state index in [1.807, 2.05) is 52.3 Å². The molecule has 43 heavy (non-hydrogen) atoms. The predicted molar refractivity (Wildman–Crippen MR) is 175 cm³/mol. The predicted octanol–water partition coefficient (Wildman–Crippen LogP) is 9.73. The molecule has 0 unspecified atom stereocenters. The maximum absolute atomic E-state index is 12.2. The molecule has 6 nitrogen and oxygen atoms in total. The van der Waals surface area contributed by atoms with E-state index in [-0.39, 0.29) is 42.5 Å². The standard InChI is InChI=1S/C20H15N4S.C15H28O2.Ir/c1-12(2)16-8-14(7-13-5-3-4-6-15(13)16)17-9-18-19(10-21-17)25-20-11-22-23-24(18)20;1-7-14(5,8-2)12(16)11-13(17)15(6,9-3)10-4;/h3-6,8-12H,1-2H3;11,16H,7-10H2,1-6H3;/q-1;;/b;12-11-;. The number of allylic oxidation sites excluding steroid dienone is 2. The van der Waals surface area contributed by atoms with Gasteiger partial charge in [-0.1, -0.05) is 89.8 Å². The molecule has 8 heteroatoms. The second-order valence-corrected chi connectivity index (χ2v) is 13.0. The average molecular weight is 776 g/mol. The van der Waals surface area contributed by atoms with Crippen LogP contribution in [0.2, 0.25) is 0 Å². The van der Waals surface area contributed by atoms with Gasteiger partial charge >= 0.3 is 0 Å². The zero-order valence-corrected chi connectivity index (χ0v) is 29.7. The van der Waals surface area contributed by atoms with E-state index in [2.05, 4.69) is 71.6 Å². The normalized spacial score (nSPS) is 12.4. The molecule has 0 spiro atoms. The molecule has 5 rings (SSSR count). The van der Waals surface area contributed by atoms with Crippen LogP contribution in [0.5, 0.6) is 0 Å². The monoisotopic (exact) mass is 776 g/mol. The Kier molecular flexibility index (Phi) is 11.4. The molecule has 3 aromatic heterocycles. The summed E-state index contributed by atoms with van der Waals surface area (Å²) >= 11 is 1.65. The van der Waals surface area contributed by atoms with Crippen molar-refractivity contribution in [3.05, 3.63) is 72.3 Å². The summed E-state index contributed by atoms with van der Waals surface area (Å²) in [7, 11) is 0. The fourth-order valence-corrected chi connectivity index (χ4v) is 5.86. The van der Waals surface area contributed by atoms with Crippen molar-refractivity contribution in [3.63, 3.8) is 0 Å². The number of aromatic nitrogens is 4. The van der Waals surface area contributed by atoms with Gasteiger partial charge in [0.25, 0.3) is 0 Å². The number of pyridine rings is 1. The number of hydrogen-bond acceptors (Lipinski definition) is 6. The average Bonchev–Trinajstić information content (AvgIpc) is 3.61. The van der Waals surface area contributed by atoms with Crippen LogP contribution in [-0.2, 0) is 24.9 Å². The van der Waals surface area contributed by atoms with Gasteiger partial charge in [0.15, 0.2) is 5.78 Å². The number of hydrogen-bond donors (Lipinski definition) is 1. The maximum Gasteiger partial charge on any atom is 0.164 e. The molecule has 0 bridgehead atoms. The summed E-state index contributed by atoms with van der Waals surface area (Å²) in [6.07, 6.45) is 8.45. The van der Waals surface area contributed by atoms with Crippen LogP contribution in [0.15, 0.2) is 60.6 Å². The molecular weight excluding hydrogens is 733 g/mol. The van der Waals surface area contributed by atoms with Crippen molar-refractivity contribution >= 4 is 42.9 Å². The van der Waals surface area contributed by atoms with Crippen molar-refractivity contribution < 1.29 is 30.0 Å². The number of ketones is 1. The molecule has 231 valence electrons. The van der Waals surface area contributed by atoms with E-state index in [4.69, 9.17) is 0 Å². The van der Waals surface area contributed by atoms with Gasteiger partial charge in [-0.05, 0) is 37.7 Å². The molecule has 0 saturated carbocycles. The van der Waals surface area contributed by atoms with E-state index < -0.39 is 0 Å². The number of carbonyl (C=O) groups excluding carboxylic acids is 1. The van der Waals surface area contributed by atoms with Gasteiger partial charge in [-0.2, -0.15) is 0 Å². The van der Waals surface area contributed by atoms with Gasteiger partial charge in [0.05, 0.1) is 16.4 Å². The summed E-state index contributed by atoms with van der Waals surface area (Å²) in [6.45, 7) is 16.5. The van der Waals surface area contributed by atoms with Crippen molar-refractivity contribution in [2.24, 2.45) is 10.8 Å². The number of fused-ring (bicyclic) bond motifs is 4.